The fraction of sp³-hybridized carbons (Fsp3) is 0.615. The second kappa shape index (κ2) is 10.7. The predicted octanol–water partition coefficient (Wildman–Crippen LogP) is 5.94. The van der Waals surface area contributed by atoms with Gasteiger partial charge in [0.1, 0.15) is 11.4 Å². The number of β-lactam (4-membered cyclic amide) rings is 1. The second-order valence-corrected chi connectivity index (χ2v) is 14.3. The van der Waals surface area contributed by atoms with E-state index in [1.54, 1.807) is 12.1 Å². The minimum atomic E-state index is -1.15. The van der Waals surface area contributed by atoms with Gasteiger partial charge < -0.3 is 4.43 Å². The summed E-state index contributed by atoms with van der Waals surface area (Å²) in [4.78, 5) is 32.6. The zero-order valence-electron chi connectivity index (χ0n) is 21.7. The van der Waals surface area contributed by atoms with Crippen molar-refractivity contribution in [2.24, 2.45) is 22.7 Å². The number of halogens is 1. The van der Waals surface area contributed by atoms with Gasteiger partial charge in [0.15, 0.2) is 0 Å². The molecule has 1 amide bonds. The van der Waals surface area contributed by atoms with Crippen molar-refractivity contribution in [3.05, 3.63) is 40.9 Å². The average Bonchev–Trinajstić information content (AvgIpc) is 2.70. The topological polar surface area (TPSA) is 55.8 Å². The molecule has 1 aromatic carbocycles. The molecule has 0 bridgehead atoms. The van der Waals surface area contributed by atoms with Crippen molar-refractivity contribution in [2.75, 3.05) is 6.61 Å². The standard InChI is InChI=1S/C26H37ClNO4SSi/c1-17(21(33)18-10-12-19(27)13-11-18)22-26(14-15-29,23(30)28(22)32-25(5,6)7)20(24(2,3)4)16-31-34(8)9/h10-14,17,20,22H,16H2,1-9H3/t17-,20+,22-,26+/m0/s1. The van der Waals surface area contributed by atoms with Crippen LogP contribution in [0.4, 0.5) is 0 Å². The molecule has 0 N–H and O–H groups in total. The third-order valence-corrected chi connectivity index (χ3v) is 7.76. The van der Waals surface area contributed by atoms with E-state index in [9.17, 15) is 9.59 Å². The van der Waals surface area contributed by atoms with Crippen molar-refractivity contribution in [1.29, 1.82) is 0 Å². The van der Waals surface area contributed by atoms with Gasteiger partial charge in [0.05, 0.1) is 11.6 Å². The summed E-state index contributed by atoms with van der Waals surface area (Å²) >= 11 is 12.0. The van der Waals surface area contributed by atoms with Crippen molar-refractivity contribution < 1.29 is 18.9 Å². The van der Waals surface area contributed by atoms with E-state index < -0.39 is 26.1 Å². The minimum Gasteiger partial charge on any atom is -0.417 e. The Labute approximate surface area is 216 Å². The number of carbonyl (C=O) groups is 1. The molecule has 0 spiro atoms. The van der Waals surface area contributed by atoms with Crippen LogP contribution in [0.5, 0.6) is 0 Å². The number of rotatable bonds is 9. The third kappa shape index (κ3) is 6.07. The molecule has 4 atom stereocenters. The third-order valence-electron chi connectivity index (χ3n) is 6.16. The van der Waals surface area contributed by atoms with E-state index in [-0.39, 0.29) is 23.2 Å². The number of amides is 1. The molecular formula is C26H37ClNO4SSi. The first-order valence-electron chi connectivity index (χ1n) is 11.5. The SMILES string of the molecule is C[C@@H](C(=S)c1ccc(Cl)cc1)[C@@H]1N(OC(C)(C)C)C(=O)[C@]1(C=C=O)[C@H](CO[Si](C)C)C(C)(C)C. The molecule has 2 rings (SSSR count). The molecule has 1 heterocycles. The lowest BCUT2D eigenvalue weighted by Gasteiger charge is -2.61. The summed E-state index contributed by atoms with van der Waals surface area (Å²) in [6.07, 6.45) is 1.39. The van der Waals surface area contributed by atoms with Crippen molar-refractivity contribution in [1.82, 2.24) is 5.06 Å². The normalized spacial score (nSPS) is 22.7. The monoisotopic (exact) mass is 522 g/mol. The Balaban J connectivity index is 2.65. The van der Waals surface area contributed by atoms with Gasteiger partial charge in [0.2, 0.25) is 9.04 Å². The molecule has 1 radical (unpaired) electrons. The summed E-state index contributed by atoms with van der Waals surface area (Å²) in [5.74, 6) is 1.12. The van der Waals surface area contributed by atoms with Gasteiger partial charge in [0, 0.05) is 34.4 Å². The van der Waals surface area contributed by atoms with Crippen molar-refractivity contribution in [3.63, 3.8) is 0 Å². The number of hydrogen-bond acceptors (Lipinski definition) is 5. The summed E-state index contributed by atoms with van der Waals surface area (Å²) in [6.45, 7) is 18.3. The molecule has 1 fully saturated rings. The number of hydrogen-bond donors (Lipinski definition) is 0. The van der Waals surface area contributed by atoms with Crippen LogP contribution < -0.4 is 0 Å². The molecule has 5 nitrogen and oxygen atoms in total. The summed E-state index contributed by atoms with van der Waals surface area (Å²) in [6, 6.07) is 6.84. The van der Waals surface area contributed by atoms with E-state index in [0.29, 0.717) is 16.5 Å². The van der Waals surface area contributed by atoms with Crippen LogP contribution >= 0.6 is 23.8 Å². The van der Waals surface area contributed by atoms with E-state index in [1.165, 1.54) is 11.1 Å². The Morgan fingerprint density at radius 1 is 1.24 bits per heavy atom. The Hall–Kier alpha value is -1.34. The van der Waals surface area contributed by atoms with E-state index >= 15 is 0 Å². The lowest BCUT2D eigenvalue weighted by molar-refractivity contribution is -0.306. The first-order chi connectivity index (χ1) is 15.6. The Morgan fingerprint density at radius 2 is 1.79 bits per heavy atom. The molecule has 8 heteroatoms. The highest BCUT2D eigenvalue weighted by molar-refractivity contribution is 7.80. The van der Waals surface area contributed by atoms with Gasteiger partial charge in [-0.1, -0.05) is 63.6 Å². The number of nitrogens with zero attached hydrogens (tertiary/aromatic N) is 1. The maximum absolute atomic E-state index is 13.9. The zero-order chi connectivity index (χ0) is 26.1. The fourth-order valence-electron chi connectivity index (χ4n) is 4.66. The quantitative estimate of drug-likeness (QED) is 0.132. The number of hydroxylamine groups is 2. The van der Waals surface area contributed by atoms with Crippen molar-refractivity contribution >= 4 is 49.6 Å². The lowest BCUT2D eigenvalue weighted by atomic mass is 9.54. The molecule has 1 aromatic rings. The van der Waals surface area contributed by atoms with Crippen LogP contribution in [-0.4, -0.2) is 49.1 Å². The van der Waals surface area contributed by atoms with Gasteiger partial charge >= 0.3 is 0 Å². The predicted molar refractivity (Wildman–Crippen MR) is 143 cm³/mol. The average molecular weight is 523 g/mol. The molecular weight excluding hydrogens is 486 g/mol. The van der Waals surface area contributed by atoms with Crippen LogP contribution in [-0.2, 0) is 18.9 Å². The Kier molecular flexibility index (Phi) is 9.12. The van der Waals surface area contributed by atoms with E-state index in [1.807, 2.05) is 45.8 Å². The lowest BCUT2D eigenvalue weighted by Crippen LogP contribution is -2.75. The number of thiocarbonyl (C=S) groups is 1. The summed E-state index contributed by atoms with van der Waals surface area (Å²) in [5, 5.41) is 2.04. The molecule has 0 aliphatic carbocycles. The van der Waals surface area contributed by atoms with Crippen LogP contribution in [0, 0.1) is 22.7 Å². The fourth-order valence-corrected chi connectivity index (χ4v) is 5.55. The zero-order valence-corrected chi connectivity index (χ0v) is 24.3. The first kappa shape index (κ1) is 28.9. The molecule has 1 aliphatic heterocycles. The van der Waals surface area contributed by atoms with Gasteiger partial charge in [-0.15, -0.1) is 0 Å². The molecule has 1 saturated heterocycles. The Morgan fingerprint density at radius 3 is 2.24 bits per heavy atom. The highest BCUT2D eigenvalue weighted by atomic mass is 35.5. The molecule has 0 unspecified atom stereocenters. The second-order valence-electron chi connectivity index (χ2n) is 11.3. The maximum atomic E-state index is 13.9. The van der Waals surface area contributed by atoms with Gasteiger partial charge in [-0.3, -0.25) is 9.63 Å². The summed E-state index contributed by atoms with van der Waals surface area (Å²) in [5.41, 5.74) is -1.25. The largest absolute Gasteiger partial charge is 0.417 e. The van der Waals surface area contributed by atoms with Crippen LogP contribution in [0.3, 0.4) is 0 Å². The summed E-state index contributed by atoms with van der Waals surface area (Å²) < 4.78 is 6.12. The van der Waals surface area contributed by atoms with Crippen molar-refractivity contribution in [3.8, 4) is 0 Å². The molecule has 0 saturated carbocycles. The Bertz CT molecular complexity index is 947. The summed E-state index contributed by atoms with van der Waals surface area (Å²) in [7, 11) is -1.01. The number of carbonyl (C=O) groups excluding carboxylic acids is 2. The molecule has 34 heavy (non-hydrogen) atoms. The first-order valence-corrected chi connectivity index (χ1v) is 14.7. The highest BCUT2D eigenvalue weighted by Gasteiger charge is 2.68. The van der Waals surface area contributed by atoms with E-state index in [0.717, 1.165) is 5.56 Å². The number of benzene rings is 1. The van der Waals surface area contributed by atoms with E-state index in [2.05, 4.69) is 33.9 Å². The van der Waals surface area contributed by atoms with Crippen molar-refractivity contribution in [2.45, 2.75) is 73.2 Å². The molecule has 187 valence electrons. The molecule has 1 aliphatic rings. The van der Waals surface area contributed by atoms with E-state index in [4.69, 9.17) is 33.1 Å². The van der Waals surface area contributed by atoms with Crippen LogP contribution in [0.1, 0.15) is 54.0 Å². The molecule has 0 aromatic heterocycles. The minimum absolute atomic E-state index is 0.258. The maximum Gasteiger partial charge on any atom is 0.259 e. The highest BCUT2D eigenvalue weighted by Crippen LogP contribution is 2.55. The van der Waals surface area contributed by atoms with Crippen LogP contribution in [0.25, 0.3) is 0 Å². The van der Waals surface area contributed by atoms with Crippen LogP contribution in [0.15, 0.2) is 30.3 Å². The van der Waals surface area contributed by atoms with Gasteiger partial charge in [0.25, 0.3) is 5.91 Å². The smallest absolute Gasteiger partial charge is 0.259 e. The van der Waals surface area contributed by atoms with Gasteiger partial charge in [-0.2, -0.15) is 0 Å². The van der Waals surface area contributed by atoms with Gasteiger partial charge in [-0.05, 0) is 57.0 Å². The van der Waals surface area contributed by atoms with Gasteiger partial charge in [-0.25, -0.2) is 9.86 Å². The van der Waals surface area contributed by atoms with Crippen LogP contribution in [0.2, 0.25) is 18.1 Å².